The maximum absolute atomic E-state index is 12.3. The molecule has 1 amide bonds. The summed E-state index contributed by atoms with van der Waals surface area (Å²) in [6.45, 7) is 4.14. The Morgan fingerprint density at radius 1 is 1.38 bits per heavy atom. The lowest BCUT2D eigenvalue weighted by molar-refractivity contribution is -0.120. The van der Waals surface area contributed by atoms with Crippen molar-refractivity contribution in [2.45, 2.75) is 50.8 Å². The van der Waals surface area contributed by atoms with Crippen molar-refractivity contribution in [3.63, 3.8) is 0 Å². The molecule has 2 nitrogen and oxygen atoms in total. The van der Waals surface area contributed by atoms with E-state index in [1.54, 1.807) is 11.8 Å². The zero-order valence-electron chi connectivity index (χ0n) is 13.4. The van der Waals surface area contributed by atoms with E-state index in [4.69, 9.17) is 0 Å². The van der Waals surface area contributed by atoms with Gasteiger partial charge in [0.2, 0.25) is 5.91 Å². The van der Waals surface area contributed by atoms with Crippen molar-refractivity contribution < 1.29 is 4.79 Å². The van der Waals surface area contributed by atoms with Gasteiger partial charge in [0.05, 0.1) is 0 Å². The molecular formula is C18H27NOS. The topological polar surface area (TPSA) is 29.1 Å². The number of nitrogens with one attached hydrogen (secondary N) is 1. The lowest BCUT2D eigenvalue weighted by Gasteiger charge is -2.15. The Morgan fingerprint density at radius 2 is 2.19 bits per heavy atom. The first-order valence-corrected chi connectivity index (χ1v) is 8.99. The highest BCUT2D eigenvalue weighted by Gasteiger charge is 2.16. The van der Waals surface area contributed by atoms with Crippen LogP contribution in [0.5, 0.6) is 0 Å². The fourth-order valence-electron chi connectivity index (χ4n) is 2.29. The summed E-state index contributed by atoms with van der Waals surface area (Å²) in [5.74, 6) is 0.273. The van der Waals surface area contributed by atoms with E-state index in [-0.39, 0.29) is 11.8 Å². The number of unbranched alkanes of at least 4 members (excludes halogenated alkanes) is 2. The summed E-state index contributed by atoms with van der Waals surface area (Å²) in [5.41, 5.74) is 0.902. The Balaban J connectivity index is 2.46. The quantitative estimate of drug-likeness (QED) is 0.370. The lowest BCUT2D eigenvalue weighted by atomic mass is 9.97. The van der Waals surface area contributed by atoms with E-state index in [0.717, 1.165) is 37.8 Å². The molecule has 1 unspecified atom stereocenters. The summed E-state index contributed by atoms with van der Waals surface area (Å²) < 4.78 is 0. The van der Waals surface area contributed by atoms with Crippen LogP contribution in [0.4, 0.5) is 5.69 Å². The molecule has 0 aromatic heterocycles. The highest BCUT2D eigenvalue weighted by atomic mass is 32.2. The second kappa shape index (κ2) is 10.5. The average Bonchev–Trinajstić information content (AvgIpc) is 2.51. The predicted octanol–water partition coefficient (Wildman–Crippen LogP) is 5.51. The summed E-state index contributed by atoms with van der Waals surface area (Å²) in [6, 6.07) is 8.02. The molecule has 0 heterocycles. The number of carbonyl (C=O) groups is 1. The third-order valence-corrected chi connectivity index (χ3v) is 4.34. The largest absolute Gasteiger partial charge is 0.326 e. The van der Waals surface area contributed by atoms with Crippen LogP contribution in [0.25, 0.3) is 0 Å². The Labute approximate surface area is 133 Å². The number of amides is 1. The normalized spacial score (nSPS) is 12.5. The first-order valence-electron chi connectivity index (χ1n) is 7.77. The third-order valence-electron chi connectivity index (χ3n) is 3.61. The minimum atomic E-state index is 0.119. The van der Waals surface area contributed by atoms with E-state index in [2.05, 4.69) is 30.5 Å². The number of anilines is 1. The van der Waals surface area contributed by atoms with Crippen LogP contribution in [0, 0.1) is 5.92 Å². The number of benzene rings is 1. The number of hydrogen-bond acceptors (Lipinski definition) is 2. The van der Waals surface area contributed by atoms with Crippen LogP contribution in [-0.2, 0) is 4.79 Å². The van der Waals surface area contributed by atoms with Gasteiger partial charge in [-0.2, -0.15) is 0 Å². The first kappa shape index (κ1) is 17.8. The van der Waals surface area contributed by atoms with E-state index in [0.29, 0.717) is 0 Å². The van der Waals surface area contributed by atoms with Gasteiger partial charge in [0.1, 0.15) is 0 Å². The molecule has 0 saturated carbocycles. The Morgan fingerprint density at radius 3 is 2.86 bits per heavy atom. The number of hydrogen-bond donors (Lipinski definition) is 1. The molecule has 1 aromatic rings. The minimum absolute atomic E-state index is 0.119. The van der Waals surface area contributed by atoms with E-state index in [1.807, 2.05) is 31.4 Å². The van der Waals surface area contributed by atoms with Crippen molar-refractivity contribution in [1.29, 1.82) is 0 Å². The molecule has 0 spiro atoms. The van der Waals surface area contributed by atoms with Gasteiger partial charge in [0, 0.05) is 16.5 Å². The van der Waals surface area contributed by atoms with Gasteiger partial charge in [-0.05, 0) is 57.1 Å². The zero-order valence-corrected chi connectivity index (χ0v) is 14.2. The van der Waals surface area contributed by atoms with Gasteiger partial charge >= 0.3 is 0 Å². The summed E-state index contributed by atoms with van der Waals surface area (Å²) in [4.78, 5) is 13.5. The van der Waals surface area contributed by atoms with Crippen LogP contribution >= 0.6 is 11.8 Å². The average molecular weight is 305 g/mol. The van der Waals surface area contributed by atoms with Crippen molar-refractivity contribution in [3.8, 4) is 0 Å². The maximum Gasteiger partial charge on any atom is 0.227 e. The standard InChI is InChI=1S/C18H27NOS/c1-4-6-7-8-9-11-15(5-2)18(20)19-16-12-10-13-17(14-16)21-3/h4,6,10,12-15H,5,7-9,11H2,1-3H3,(H,19,20). The van der Waals surface area contributed by atoms with Crippen LogP contribution in [-0.4, -0.2) is 12.2 Å². The molecule has 0 radical (unpaired) electrons. The number of allylic oxidation sites excluding steroid dienone is 2. The van der Waals surface area contributed by atoms with Gasteiger partial charge in [0.25, 0.3) is 0 Å². The number of rotatable bonds is 9. The fourth-order valence-corrected chi connectivity index (χ4v) is 2.74. The molecule has 0 bridgehead atoms. The third kappa shape index (κ3) is 6.85. The number of thioether (sulfide) groups is 1. The summed E-state index contributed by atoms with van der Waals surface area (Å²) in [7, 11) is 0. The predicted molar refractivity (Wildman–Crippen MR) is 93.9 cm³/mol. The van der Waals surface area contributed by atoms with Crippen LogP contribution in [0.3, 0.4) is 0 Å². The molecule has 0 saturated heterocycles. The Bertz CT molecular complexity index is 456. The molecule has 0 fully saturated rings. The highest BCUT2D eigenvalue weighted by Crippen LogP contribution is 2.21. The SMILES string of the molecule is CC=CCCCCC(CC)C(=O)Nc1cccc(SC)c1. The molecular weight excluding hydrogens is 278 g/mol. The monoisotopic (exact) mass is 305 g/mol. The molecule has 21 heavy (non-hydrogen) atoms. The molecule has 0 aliphatic carbocycles. The molecule has 0 aliphatic rings. The molecule has 3 heteroatoms. The number of carbonyl (C=O) groups excluding carboxylic acids is 1. The Kier molecular flexibility index (Phi) is 8.91. The second-order valence-electron chi connectivity index (χ2n) is 5.18. The highest BCUT2D eigenvalue weighted by molar-refractivity contribution is 7.98. The lowest BCUT2D eigenvalue weighted by Crippen LogP contribution is -2.22. The van der Waals surface area contributed by atoms with Crippen molar-refractivity contribution in [3.05, 3.63) is 36.4 Å². The van der Waals surface area contributed by atoms with Gasteiger partial charge in [0.15, 0.2) is 0 Å². The van der Waals surface area contributed by atoms with Gasteiger partial charge in [-0.15, -0.1) is 11.8 Å². The molecule has 1 aromatic carbocycles. The van der Waals surface area contributed by atoms with Crippen molar-refractivity contribution in [2.24, 2.45) is 5.92 Å². The molecule has 0 aliphatic heterocycles. The summed E-state index contributed by atoms with van der Waals surface area (Å²) >= 11 is 1.69. The fraction of sp³-hybridized carbons (Fsp3) is 0.500. The molecule has 1 atom stereocenters. The van der Waals surface area contributed by atoms with E-state index >= 15 is 0 Å². The van der Waals surface area contributed by atoms with E-state index in [1.165, 1.54) is 4.90 Å². The smallest absolute Gasteiger partial charge is 0.227 e. The van der Waals surface area contributed by atoms with Crippen molar-refractivity contribution in [1.82, 2.24) is 0 Å². The van der Waals surface area contributed by atoms with E-state index < -0.39 is 0 Å². The van der Waals surface area contributed by atoms with Gasteiger partial charge in [-0.25, -0.2) is 0 Å². The van der Waals surface area contributed by atoms with Crippen LogP contribution in [0.2, 0.25) is 0 Å². The maximum atomic E-state index is 12.3. The van der Waals surface area contributed by atoms with Crippen LogP contribution in [0.1, 0.15) is 46.0 Å². The molecule has 116 valence electrons. The van der Waals surface area contributed by atoms with Crippen molar-refractivity contribution in [2.75, 3.05) is 11.6 Å². The minimum Gasteiger partial charge on any atom is -0.326 e. The Hall–Kier alpha value is -1.22. The van der Waals surface area contributed by atoms with Gasteiger partial charge in [-0.3, -0.25) is 4.79 Å². The zero-order chi connectivity index (χ0) is 15.5. The second-order valence-corrected chi connectivity index (χ2v) is 6.06. The molecule has 1 N–H and O–H groups in total. The first-order chi connectivity index (χ1) is 10.2. The molecule has 1 rings (SSSR count). The van der Waals surface area contributed by atoms with Crippen LogP contribution < -0.4 is 5.32 Å². The van der Waals surface area contributed by atoms with Crippen molar-refractivity contribution >= 4 is 23.4 Å². The van der Waals surface area contributed by atoms with Gasteiger partial charge in [-0.1, -0.05) is 31.6 Å². The summed E-state index contributed by atoms with van der Waals surface area (Å²) in [5, 5.41) is 3.05. The van der Waals surface area contributed by atoms with Crippen LogP contribution in [0.15, 0.2) is 41.3 Å². The summed E-state index contributed by atoms with van der Waals surface area (Å²) in [6.07, 6.45) is 11.6. The van der Waals surface area contributed by atoms with Gasteiger partial charge < -0.3 is 5.32 Å². The van der Waals surface area contributed by atoms with E-state index in [9.17, 15) is 4.79 Å².